The van der Waals surface area contributed by atoms with Crippen LogP contribution >= 0.6 is 0 Å². The van der Waals surface area contributed by atoms with Gasteiger partial charge in [-0.15, -0.1) is 0 Å². The molecule has 0 spiro atoms. The van der Waals surface area contributed by atoms with Crippen molar-refractivity contribution in [2.24, 2.45) is 0 Å². The summed E-state index contributed by atoms with van der Waals surface area (Å²) in [4.78, 5) is 0. The van der Waals surface area contributed by atoms with Gasteiger partial charge in [0.25, 0.3) is 0 Å². The largest absolute Gasteiger partial charge is 0.0622 e. The Hall–Kier alpha value is -0.780. The Labute approximate surface area is 74.6 Å². The molecule has 12 heavy (non-hydrogen) atoms. The lowest BCUT2D eigenvalue weighted by Gasteiger charge is -2.21. The van der Waals surface area contributed by atoms with Crippen molar-refractivity contribution in [3.63, 3.8) is 0 Å². The minimum Gasteiger partial charge on any atom is -0.0622 e. The van der Waals surface area contributed by atoms with Crippen LogP contribution in [0.1, 0.15) is 37.2 Å². The number of benzene rings is 1. The van der Waals surface area contributed by atoms with Crippen molar-refractivity contribution >= 4 is 0 Å². The molecule has 1 atom stereocenters. The van der Waals surface area contributed by atoms with Gasteiger partial charge in [0.15, 0.2) is 0 Å². The van der Waals surface area contributed by atoms with E-state index in [0.29, 0.717) is 0 Å². The van der Waals surface area contributed by atoms with Crippen molar-refractivity contribution < 1.29 is 0 Å². The molecular weight excluding hydrogens is 144 g/mol. The maximum Gasteiger partial charge on any atom is -0.0159 e. The lowest BCUT2D eigenvalue weighted by molar-refractivity contribution is 0.517. The van der Waals surface area contributed by atoms with Gasteiger partial charge in [0.2, 0.25) is 0 Å². The molecule has 1 aliphatic carbocycles. The second kappa shape index (κ2) is 3.75. The summed E-state index contributed by atoms with van der Waals surface area (Å²) in [6, 6.07) is 10.9. The molecule has 0 saturated heterocycles. The smallest absolute Gasteiger partial charge is 0.0159 e. The molecule has 0 heteroatoms. The van der Waals surface area contributed by atoms with Gasteiger partial charge < -0.3 is 0 Å². The van der Waals surface area contributed by atoms with E-state index in [9.17, 15) is 0 Å². The number of hydrogen-bond acceptors (Lipinski definition) is 0. The van der Waals surface area contributed by atoms with Gasteiger partial charge in [-0.1, -0.05) is 43.2 Å². The third kappa shape index (κ3) is 1.69. The van der Waals surface area contributed by atoms with Crippen LogP contribution in [0.5, 0.6) is 0 Å². The van der Waals surface area contributed by atoms with E-state index < -0.39 is 0 Å². The van der Waals surface area contributed by atoms with Crippen LogP contribution in [-0.2, 0) is 0 Å². The highest BCUT2D eigenvalue weighted by molar-refractivity contribution is 5.20. The summed E-state index contributed by atoms with van der Waals surface area (Å²) in [5, 5.41) is 0. The molecule has 63 valence electrons. The molecule has 2 rings (SSSR count). The summed E-state index contributed by atoms with van der Waals surface area (Å²) in [5.74, 6) is 0.806. The monoisotopic (exact) mass is 159 g/mol. The predicted molar refractivity (Wildman–Crippen MR) is 52.0 cm³/mol. The Bertz CT molecular complexity index is 219. The Morgan fingerprint density at radius 1 is 1.08 bits per heavy atom. The lowest BCUT2D eigenvalue weighted by atomic mass is 9.84. The minimum absolute atomic E-state index is 0.806. The van der Waals surface area contributed by atoms with Gasteiger partial charge >= 0.3 is 0 Å². The quantitative estimate of drug-likeness (QED) is 0.588. The average Bonchev–Trinajstić information content (AvgIpc) is 2.21. The Morgan fingerprint density at radius 2 is 1.92 bits per heavy atom. The van der Waals surface area contributed by atoms with Crippen LogP contribution in [0.25, 0.3) is 0 Å². The van der Waals surface area contributed by atoms with E-state index >= 15 is 0 Å². The van der Waals surface area contributed by atoms with Crippen molar-refractivity contribution in [2.75, 3.05) is 0 Å². The molecule has 1 saturated carbocycles. The molecule has 1 radical (unpaired) electrons. The summed E-state index contributed by atoms with van der Waals surface area (Å²) < 4.78 is 0. The third-order valence-corrected chi connectivity index (χ3v) is 2.68. The molecule has 1 aliphatic rings. The fourth-order valence-electron chi connectivity index (χ4n) is 1.97. The first-order chi connectivity index (χ1) is 5.97. The fourth-order valence-corrected chi connectivity index (χ4v) is 1.97. The van der Waals surface area contributed by atoms with Crippen LogP contribution in [0.3, 0.4) is 0 Å². The maximum atomic E-state index is 2.43. The molecule has 1 aromatic carbocycles. The van der Waals surface area contributed by atoms with Gasteiger partial charge in [-0.25, -0.2) is 0 Å². The second-order valence-corrected chi connectivity index (χ2v) is 3.56. The fraction of sp³-hybridized carbons (Fsp3) is 0.417. The zero-order chi connectivity index (χ0) is 8.23. The first-order valence-corrected chi connectivity index (χ1v) is 4.83. The first-order valence-electron chi connectivity index (χ1n) is 4.83. The van der Waals surface area contributed by atoms with E-state index in [2.05, 4.69) is 36.8 Å². The van der Waals surface area contributed by atoms with Crippen LogP contribution in [0, 0.1) is 6.42 Å². The van der Waals surface area contributed by atoms with Crippen LogP contribution in [0.2, 0.25) is 0 Å². The van der Waals surface area contributed by atoms with Crippen molar-refractivity contribution in [3.05, 3.63) is 42.3 Å². The van der Waals surface area contributed by atoms with Gasteiger partial charge in [0.05, 0.1) is 0 Å². The average molecular weight is 159 g/mol. The molecule has 1 unspecified atom stereocenters. The Kier molecular flexibility index (Phi) is 2.45. The Balaban J connectivity index is 2.08. The predicted octanol–water partition coefficient (Wildman–Crippen LogP) is 3.55. The maximum absolute atomic E-state index is 2.43. The molecule has 1 aromatic rings. The van der Waals surface area contributed by atoms with Crippen molar-refractivity contribution in [3.8, 4) is 0 Å². The van der Waals surface area contributed by atoms with E-state index in [-0.39, 0.29) is 0 Å². The molecule has 1 fully saturated rings. The van der Waals surface area contributed by atoms with Crippen molar-refractivity contribution in [2.45, 2.75) is 31.6 Å². The molecule has 0 nitrogen and oxygen atoms in total. The van der Waals surface area contributed by atoms with Gasteiger partial charge in [-0.3, -0.25) is 0 Å². The molecule has 0 amide bonds. The summed E-state index contributed by atoms with van der Waals surface area (Å²) in [5.41, 5.74) is 1.52. The van der Waals surface area contributed by atoms with E-state index in [1.54, 1.807) is 0 Å². The lowest BCUT2D eigenvalue weighted by Crippen LogP contribution is -2.04. The van der Waals surface area contributed by atoms with Gasteiger partial charge in [-0.05, 0) is 30.7 Å². The van der Waals surface area contributed by atoms with E-state index in [1.807, 2.05) is 0 Å². The van der Waals surface area contributed by atoms with Crippen LogP contribution in [0.15, 0.2) is 30.3 Å². The van der Waals surface area contributed by atoms with Gasteiger partial charge in [-0.2, -0.15) is 0 Å². The number of hydrogen-bond donors (Lipinski definition) is 0. The third-order valence-electron chi connectivity index (χ3n) is 2.68. The standard InChI is InChI=1S/C12H15/c1-3-7-11(8-4-1)12-9-5-2-6-10-12/h1,3-5,7-8,12H,2,6,9-10H2. The van der Waals surface area contributed by atoms with E-state index in [0.717, 1.165) is 5.92 Å². The molecule has 0 aliphatic heterocycles. The Morgan fingerprint density at radius 3 is 2.58 bits per heavy atom. The summed E-state index contributed by atoms with van der Waals surface area (Å²) in [6.07, 6.45) is 7.79. The first kappa shape index (κ1) is 7.85. The molecule has 0 bridgehead atoms. The minimum atomic E-state index is 0.806. The highest BCUT2D eigenvalue weighted by Gasteiger charge is 2.14. The molecular formula is C12H15. The molecule has 0 N–H and O–H groups in total. The summed E-state index contributed by atoms with van der Waals surface area (Å²) >= 11 is 0. The van der Waals surface area contributed by atoms with Crippen molar-refractivity contribution in [1.82, 2.24) is 0 Å². The van der Waals surface area contributed by atoms with Crippen LogP contribution in [0.4, 0.5) is 0 Å². The highest BCUT2D eigenvalue weighted by atomic mass is 14.2. The zero-order valence-corrected chi connectivity index (χ0v) is 7.37. The highest BCUT2D eigenvalue weighted by Crippen LogP contribution is 2.31. The van der Waals surface area contributed by atoms with E-state index in [1.165, 1.54) is 31.2 Å². The van der Waals surface area contributed by atoms with Crippen LogP contribution < -0.4 is 0 Å². The molecule has 0 heterocycles. The van der Waals surface area contributed by atoms with Gasteiger partial charge in [0.1, 0.15) is 0 Å². The summed E-state index contributed by atoms with van der Waals surface area (Å²) in [6.45, 7) is 0. The topological polar surface area (TPSA) is 0 Å². The zero-order valence-electron chi connectivity index (χ0n) is 7.37. The molecule has 0 aromatic heterocycles. The van der Waals surface area contributed by atoms with E-state index in [4.69, 9.17) is 0 Å². The number of rotatable bonds is 1. The van der Waals surface area contributed by atoms with Crippen LogP contribution in [-0.4, -0.2) is 0 Å². The van der Waals surface area contributed by atoms with Gasteiger partial charge in [0, 0.05) is 0 Å². The normalized spacial score (nSPS) is 19.3. The van der Waals surface area contributed by atoms with Crippen molar-refractivity contribution in [1.29, 1.82) is 0 Å². The second-order valence-electron chi connectivity index (χ2n) is 3.56. The SMILES string of the molecule is [CH]1CCCC(c2ccccc2)C1. The summed E-state index contributed by atoms with van der Waals surface area (Å²) in [7, 11) is 0.